The summed E-state index contributed by atoms with van der Waals surface area (Å²) < 4.78 is 40.9. The molecule has 0 aromatic heterocycles. The van der Waals surface area contributed by atoms with Gasteiger partial charge in [-0.05, 0) is 54.3 Å². The molecule has 0 spiro atoms. The Balaban J connectivity index is 1.50. The number of benzene rings is 3. The van der Waals surface area contributed by atoms with Crippen molar-refractivity contribution >= 4 is 28.1 Å². The van der Waals surface area contributed by atoms with Gasteiger partial charge < -0.3 is 14.4 Å². The van der Waals surface area contributed by atoms with Crippen LogP contribution >= 0.6 is 0 Å². The van der Waals surface area contributed by atoms with Crippen molar-refractivity contribution in [1.82, 2.24) is 9.62 Å². The van der Waals surface area contributed by atoms with Crippen molar-refractivity contribution in [2.45, 2.75) is 36.8 Å². The van der Waals surface area contributed by atoms with Gasteiger partial charge in [0, 0.05) is 30.3 Å². The van der Waals surface area contributed by atoms with Gasteiger partial charge in [-0.2, -0.15) is 0 Å². The number of esters is 1. The van der Waals surface area contributed by atoms with Gasteiger partial charge in [0.25, 0.3) is 0 Å². The molecule has 9 nitrogen and oxygen atoms in total. The third kappa shape index (κ3) is 6.39. The summed E-state index contributed by atoms with van der Waals surface area (Å²) >= 11 is 0. The average Bonchev–Trinajstić information content (AvgIpc) is 3.00. The molecular weight excluding hydrogens is 542 g/mol. The van der Waals surface area contributed by atoms with Crippen LogP contribution in [0, 0.1) is 0 Å². The summed E-state index contributed by atoms with van der Waals surface area (Å²) in [7, 11) is -2.93. The van der Waals surface area contributed by atoms with E-state index in [0.29, 0.717) is 49.2 Å². The van der Waals surface area contributed by atoms with Gasteiger partial charge in [-0.15, -0.1) is 0 Å². The highest BCUT2D eigenvalue weighted by atomic mass is 32.2. The highest BCUT2D eigenvalue weighted by Crippen LogP contribution is 2.34. The first-order valence-corrected chi connectivity index (χ1v) is 14.8. The molecule has 0 amide bonds. The number of hydrogen-bond acceptors (Lipinski definition) is 8. The van der Waals surface area contributed by atoms with Gasteiger partial charge in [-0.3, -0.25) is 9.79 Å². The quantitative estimate of drug-likeness (QED) is 0.357. The Hall–Kier alpha value is -4.28. The molecule has 0 saturated heterocycles. The van der Waals surface area contributed by atoms with Crippen LogP contribution in [0.1, 0.15) is 56.4 Å². The van der Waals surface area contributed by atoms with Crippen molar-refractivity contribution in [3.05, 3.63) is 107 Å². The Labute approximate surface area is 239 Å². The number of sulfonamides is 1. The van der Waals surface area contributed by atoms with Crippen LogP contribution in [0.4, 0.5) is 0 Å². The number of nitrogens with one attached hydrogen (secondary N) is 1. The lowest BCUT2D eigenvalue weighted by Crippen LogP contribution is -2.29. The summed E-state index contributed by atoms with van der Waals surface area (Å²) in [5.41, 5.74) is 2.82. The van der Waals surface area contributed by atoms with Crippen LogP contribution in [0.15, 0.2) is 88.9 Å². The molecule has 0 fully saturated rings. The highest BCUT2D eigenvalue weighted by molar-refractivity contribution is 7.89. The summed E-state index contributed by atoms with van der Waals surface area (Å²) in [4.78, 5) is 31.1. The minimum absolute atomic E-state index is 0.0206. The van der Waals surface area contributed by atoms with Crippen molar-refractivity contribution in [3.8, 4) is 5.75 Å². The van der Waals surface area contributed by atoms with Crippen molar-refractivity contribution in [3.63, 3.8) is 0 Å². The molecule has 3 aromatic rings. The molecule has 41 heavy (non-hydrogen) atoms. The molecule has 0 radical (unpaired) electrons. The fourth-order valence-electron chi connectivity index (χ4n) is 5.07. The number of fused-ring (bicyclic) bond motifs is 1. The second-order valence-corrected chi connectivity index (χ2v) is 11.5. The van der Waals surface area contributed by atoms with Crippen LogP contribution in [0.5, 0.6) is 5.75 Å². The molecule has 0 saturated carbocycles. The zero-order valence-corrected chi connectivity index (χ0v) is 23.5. The van der Waals surface area contributed by atoms with Crippen LogP contribution in [0.2, 0.25) is 0 Å². The number of nitrogens with zero attached hydrogens (tertiary/aromatic N) is 2. The minimum atomic E-state index is -4.13. The van der Waals surface area contributed by atoms with E-state index in [2.05, 4.69) is 9.71 Å². The summed E-state index contributed by atoms with van der Waals surface area (Å²) in [6.45, 7) is 0.962. The number of aliphatic imine (C=N–C) groups is 1. The normalized spacial score (nSPS) is 15.3. The van der Waals surface area contributed by atoms with E-state index in [1.807, 2.05) is 47.5 Å². The maximum Gasteiger partial charge on any atom is 0.339 e. The first-order valence-electron chi connectivity index (χ1n) is 13.4. The van der Waals surface area contributed by atoms with E-state index in [1.165, 1.54) is 19.2 Å². The van der Waals surface area contributed by atoms with Gasteiger partial charge in [0.15, 0.2) is 5.78 Å². The summed E-state index contributed by atoms with van der Waals surface area (Å²) in [6.07, 6.45) is 6.97. The molecule has 1 unspecified atom stereocenters. The Morgan fingerprint density at radius 2 is 1.83 bits per heavy atom. The predicted molar refractivity (Wildman–Crippen MR) is 155 cm³/mol. The first kappa shape index (κ1) is 28.3. The van der Waals surface area contributed by atoms with Crippen LogP contribution in [0.3, 0.4) is 0 Å². The third-order valence-electron chi connectivity index (χ3n) is 7.09. The van der Waals surface area contributed by atoms with E-state index < -0.39 is 22.1 Å². The lowest BCUT2D eigenvalue weighted by atomic mass is 9.87. The second-order valence-electron chi connectivity index (χ2n) is 9.74. The molecule has 2 aliphatic rings. The topological polar surface area (TPSA) is 114 Å². The molecule has 1 heterocycles. The smallest absolute Gasteiger partial charge is 0.339 e. The van der Waals surface area contributed by atoms with Crippen LogP contribution < -0.4 is 9.46 Å². The Bertz CT molecular complexity index is 1590. The molecular formula is C31H31N3O6S. The number of ether oxygens (including phenoxy) is 2. The van der Waals surface area contributed by atoms with Gasteiger partial charge in [0.1, 0.15) is 11.9 Å². The maximum absolute atomic E-state index is 13.4. The average molecular weight is 574 g/mol. The molecule has 1 aliphatic carbocycles. The van der Waals surface area contributed by atoms with Gasteiger partial charge in [0.05, 0.1) is 37.0 Å². The standard InChI is InChI=1S/C31H31N3O6S/c1-39-31(36)25-11-5-6-14-30(25)41(37,38)33-19-26-23-12-7-13-27(35)24(23)15-16-28(26)40-29(22-9-3-2-4-10-22)20-34-18-8-17-32-21-34/h2-6,8-11,14-16,18,21,29,33H,7,12-13,17,19-20H2,1H3. The Morgan fingerprint density at radius 3 is 2.59 bits per heavy atom. The molecule has 3 aromatic carbocycles. The van der Waals surface area contributed by atoms with Gasteiger partial charge in [-0.25, -0.2) is 17.9 Å². The zero-order valence-electron chi connectivity index (χ0n) is 22.7. The molecule has 10 heteroatoms. The summed E-state index contributed by atoms with van der Waals surface area (Å²) in [5, 5.41) is 0. The van der Waals surface area contributed by atoms with Crippen molar-refractivity contribution < 1.29 is 27.5 Å². The van der Waals surface area contributed by atoms with E-state index in [9.17, 15) is 18.0 Å². The van der Waals surface area contributed by atoms with Crippen LogP contribution in [-0.4, -0.2) is 51.6 Å². The molecule has 5 rings (SSSR count). The second kappa shape index (κ2) is 12.5. The molecule has 1 aliphatic heterocycles. The van der Waals surface area contributed by atoms with Crippen molar-refractivity contribution in [2.75, 3.05) is 20.2 Å². The lowest BCUT2D eigenvalue weighted by Gasteiger charge is -2.28. The van der Waals surface area contributed by atoms with E-state index in [0.717, 1.165) is 11.1 Å². The maximum atomic E-state index is 13.4. The summed E-state index contributed by atoms with van der Waals surface area (Å²) in [6, 6.07) is 19.1. The van der Waals surface area contributed by atoms with E-state index in [-0.39, 0.29) is 22.8 Å². The Kier molecular flexibility index (Phi) is 8.61. The monoisotopic (exact) mass is 573 g/mol. The molecule has 0 bridgehead atoms. The fraction of sp³-hybridized carbons (Fsp3) is 0.258. The number of rotatable bonds is 10. The number of ketones is 1. The van der Waals surface area contributed by atoms with Crippen molar-refractivity contribution in [1.29, 1.82) is 0 Å². The van der Waals surface area contributed by atoms with Gasteiger partial charge in [-0.1, -0.05) is 42.5 Å². The van der Waals surface area contributed by atoms with E-state index >= 15 is 0 Å². The number of hydrogen-bond donors (Lipinski definition) is 1. The minimum Gasteiger partial charge on any atom is -0.484 e. The molecule has 1 atom stereocenters. The SMILES string of the molecule is COC(=O)c1ccccc1S(=O)(=O)NCc1c(OC(CN2C=CCN=C2)c2ccccc2)ccc2c1CCCC2=O. The molecule has 212 valence electrons. The molecule has 1 N–H and O–H groups in total. The number of Topliss-reactive ketones (excluding diaryl/α,β-unsaturated/α-hetero) is 1. The predicted octanol–water partition coefficient (Wildman–Crippen LogP) is 4.45. The number of methoxy groups -OCH3 is 1. The number of carbonyl (C=O) groups is 2. The van der Waals surface area contributed by atoms with E-state index in [4.69, 9.17) is 9.47 Å². The lowest BCUT2D eigenvalue weighted by molar-refractivity contribution is 0.0596. The van der Waals surface area contributed by atoms with Gasteiger partial charge in [0.2, 0.25) is 10.0 Å². The van der Waals surface area contributed by atoms with Crippen molar-refractivity contribution in [2.24, 2.45) is 4.99 Å². The number of carbonyl (C=O) groups excluding carboxylic acids is 2. The fourth-order valence-corrected chi connectivity index (χ4v) is 6.26. The van der Waals surface area contributed by atoms with Gasteiger partial charge >= 0.3 is 5.97 Å². The Morgan fingerprint density at radius 1 is 1.05 bits per heavy atom. The third-order valence-corrected chi connectivity index (χ3v) is 8.55. The summed E-state index contributed by atoms with van der Waals surface area (Å²) in [5.74, 6) is -0.250. The first-order chi connectivity index (χ1) is 19.9. The highest BCUT2D eigenvalue weighted by Gasteiger charge is 2.28. The van der Waals surface area contributed by atoms with Crippen LogP contribution in [0.25, 0.3) is 0 Å². The largest absolute Gasteiger partial charge is 0.484 e. The van der Waals surface area contributed by atoms with Crippen LogP contribution in [-0.2, 0) is 27.7 Å². The van der Waals surface area contributed by atoms with E-state index in [1.54, 1.807) is 30.6 Å². The zero-order chi connectivity index (χ0) is 28.8.